The van der Waals surface area contributed by atoms with Gasteiger partial charge in [0.25, 0.3) is 5.91 Å². The number of carbonyl (C=O) groups is 1. The number of aryl methyl sites for hydroxylation is 1. The van der Waals surface area contributed by atoms with Gasteiger partial charge >= 0.3 is 0 Å². The lowest BCUT2D eigenvalue weighted by Crippen LogP contribution is -2.41. The van der Waals surface area contributed by atoms with E-state index < -0.39 is 0 Å². The zero-order valence-electron chi connectivity index (χ0n) is 10.6. The molecule has 1 aliphatic heterocycles. The summed E-state index contributed by atoms with van der Waals surface area (Å²) in [6, 6.07) is 3.51. The van der Waals surface area contributed by atoms with Gasteiger partial charge in [-0.05, 0) is 19.1 Å². The molecule has 100 valence electrons. The van der Waals surface area contributed by atoms with Gasteiger partial charge in [-0.1, -0.05) is 5.16 Å². The fraction of sp³-hybridized carbons (Fsp3) is 0.385. The first kappa shape index (κ1) is 12.0. The molecular weight excluding hydrogens is 248 g/mol. The van der Waals surface area contributed by atoms with Crippen molar-refractivity contribution in [2.24, 2.45) is 0 Å². The van der Waals surface area contributed by atoms with Crippen LogP contribution in [0.5, 0.6) is 0 Å². The zero-order valence-corrected chi connectivity index (χ0v) is 10.6. The molecule has 1 saturated heterocycles. The molecule has 6 nitrogen and oxygen atoms in total. The highest BCUT2D eigenvalue weighted by Crippen LogP contribution is 2.26. The molecule has 3 heterocycles. The first-order valence-corrected chi connectivity index (χ1v) is 6.14. The molecule has 1 aliphatic rings. The van der Waals surface area contributed by atoms with Crippen LogP contribution in [0, 0.1) is 6.92 Å². The van der Waals surface area contributed by atoms with E-state index in [9.17, 15) is 4.79 Å². The third-order valence-electron chi connectivity index (χ3n) is 3.13. The highest BCUT2D eigenvalue weighted by atomic mass is 16.5. The van der Waals surface area contributed by atoms with Crippen molar-refractivity contribution in [3.63, 3.8) is 0 Å². The van der Waals surface area contributed by atoms with Gasteiger partial charge in [-0.3, -0.25) is 4.79 Å². The molecule has 0 spiro atoms. The lowest BCUT2D eigenvalue weighted by Gasteiger charge is -2.26. The van der Waals surface area contributed by atoms with Crippen molar-refractivity contribution < 1.29 is 18.5 Å². The van der Waals surface area contributed by atoms with Gasteiger partial charge in [0, 0.05) is 13.1 Å². The van der Waals surface area contributed by atoms with Crippen molar-refractivity contribution in [2.45, 2.75) is 6.92 Å². The molecule has 0 bridgehead atoms. The largest absolute Gasteiger partial charge is 0.463 e. The van der Waals surface area contributed by atoms with E-state index in [0.717, 1.165) is 0 Å². The SMILES string of the molecule is Cc1onc(-c2ccco2)c1C(=O)N1CCOCC1. The molecule has 1 fully saturated rings. The molecule has 1 amide bonds. The Bertz CT molecular complexity index is 567. The number of aromatic nitrogens is 1. The van der Waals surface area contributed by atoms with E-state index in [1.165, 1.54) is 0 Å². The number of ether oxygens (including phenoxy) is 1. The highest BCUT2D eigenvalue weighted by Gasteiger charge is 2.28. The normalized spacial score (nSPS) is 15.7. The number of hydrogen-bond acceptors (Lipinski definition) is 5. The lowest BCUT2D eigenvalue weighted by molar-refractivity contribution is 0.0302. The van der Waals surface area contributed by atoms with Crippen molar-refractivity contribution in [2.75, 3.05) is 26.3 Å². The number of hydrogen-bond donors (Lipinski definition) is 0. The van der Waals surface area contributed by atoms with Crippen molar-refractivity contribution in [3.05, 3.63) is 29.7 Å². The molecule has 2 aromatic rings. The van der Waals surface area contributed by atoms with Gasteiger partial charge in [-0.15, -0.1) is 0 Å². The third kappa shape index (κ3) is 2.15. The first-order valence-electron chi connectivity index (χ1n) is 6.14. The van der Waals surface area contributed by atoms with E-state index in [4.69, 9.17) is 13.7 Å². The van der Waals surface area contributed by atoms with Crippen molar-refractivity contribution in [1.29, 1.82) is 0 Å². The van der Waals surface area contributed by atoms with Gasteiger partial charge in [-0.2, -0.15) is 0 Å². The maximum Gasteiger partial charge on any atom is 0.260 e. The monoisotopic (exact) mass is 262 g/mol. The molecule has 0 radical (unpaired) electrons. The molecule has 19 heavy (non-hydrogen) atoms. The molecular formula is C13H14N2O4. The average molecular weight is 262 g/mol. The van der Waals surface area contributed by atoms with Crippen molar-refractivity contribution in [3.8, 4) is 11.5 Å². The minimum absolute atomic E-state index is 0.0894. The Balaban J connectivity index is 1.95. The van der Waals surface area contributed by atoms with Crippen molar-refractivity contribution >= 4 is 5.91 Å². The van der Waals surface area contributed by atoms with E-state index in [-0.39, 0.29) is 5.91 Å². The molecule has 2 aromatic heterocycles. The summed E-state index contributed by atoms with van der Waals surface area (Å²) in [6.07, 6.45) is 1.54. The minimum atomic E-state index is -0.0894. The van der Waals surface area contributed by atoms with E-state index in [0.29, 0.717) is 49.1 Å². The summed E-state index contributed by atoms with van der Waals surface area (Å²) in [6.45, 7) is 4.02. The first-order chi connectivity index (χ1) is 9.27. The standard InChI is InChI=1S/C13H14N2O4/c1-9-11(13(16)15-4-7-17-8-5-15)12(14-19-9)10-3-2-6-18-10/h2-3,6H,4-5,7-8H2,1H3. The molecule has 0 saturated carbocycles. The molecule has 0 aliphatic carbocycles. The summed E-state index contributed by atoms with van der Waals surface area (Å²) in [5.74, 6) is 0.949. The van der Waals surface area contributed by atoms with Crippen LogP contribution in [0.1, 0.15) is 16.1 Å². The predicted octanol–water partition coefficient (Wildman–Crippen LogP) is 1.72. The van der Waals surface area contributed by atoms with Crippen LogP contribution in [0.3, 0.4) is 0 Å². The van der Waals surface area contributed by atoms with Crippen LogP contribution in [-0.2, 0) is 4.74 Å². The summed E-state index contributed by atoms with van der Waals surface area (Å²) < 4.78 is 15.7. The van der Waals surface area contributed by atoms with E-state index in [1.807, 2.05) is 0 Å². The van der Waals surface area contributed by atoms with E-state index >= 15 is 0 Å². The van der Waals surface area contributed by atoms with Gasteiger partial charge in [0.1, 0.15) is 11.3 Å². The van der Waals surface area contributed by atoms with Gasteiger partial charge in [0.2, 0.25) is 0 Å². The molecule has 0 N–H and O–H groups in total. The maximum atomic E-state index is 12.5. The van der Waals surface area contributed by atoms with Crippen LogP contribution in [0.15, 0.2) is 27.3 Å². The highest BCUT2D eigenvalue weighted by molar-refractivity contribution is 6.00. The fourth-order valence-corrected chi connectivity index (χ4v) is 2.13. The van der Waals surface area contributed by atoms with Crippen molar-refractivity contribution in [1.82, 2.24) is 10.1 Å². The van der Waals surface area contributed by atoms with Crippen LogP contribution in [0.25, 0.3) is 11.5 Å². The summed E-state index contributed by atoms with van der Waals surface area (Å²) in [7, 11) is 0. The number of furan rings is 1. The average Bonchev–Trinajstić information content (AvgIpc) is 3.08. The fourth-order valence-electron chi connectivity index (χ4n) is 2.13. The molecule has 6 heteroatoms. The van der Waals surface area contributed by atoms with Crippen LogP contribution in [0.2, 0.25) is 0 Å². The Morgan fingerprint density at radius 3 is 2.84 bits per heavy atom. The second-order valence-electron chi connectivity index (χ2n) is 4.34. The topological polar surface area (TPSA) is 68.7 Å². The third-order valence-corrected chi connectivity index (χ3v) is 3.13. The quantitative estimate of drug-likeness (QED) is 0.824. The second-order valence-corrected chi connectivity index (χ2v) is 4.34. The Morgan fingerprint density at radius 2 is 2.16 bits per heavy atom. The summed E-state index contributed by atoms with van der Waals surface area (Å²) in [5, 5.41) is 3.93. The van der Waals surface area contributed by atoms with Gasteiger partial charge in [0.15, 0.2) is 11.5 Å². The van der Waals surface area contributed by atoms with Gasteiger partial charge in [-0.25, -0.2) is 0 Å². The molecule has 3 rings (SSSR count). The number of morpholine rings is 1. The Labute approximate surface area is 109 Å². The zero-order chi connectivity index (χ0) is 13.2. The summed E-state index contributed by atoms with van der Waals surface area (Å²) >= 11 is 0. The maximum absolute atomic E-state index is 12.5. The molecule has 0 unspecified atom stereocenters. The number of rotatable bonds is 2. The van der Waals surface area contributed by atoms with E-state index in [1.54, 1.807) is 30.2 Å². The Kier molecular flexibility index (Phi) is 3.08. The van der Waals surface area contributed by atoms with Crippen LogP contribution in [-0.4, -0.2) is 42.3 Å². The Hall–Kier alpha value is -2.08. The predicted molar refractivity (Wildman–Crippen MR) is 65.7 cm³/mol. The van der Waals surface area contributed by atoms with Crippen LogP contribution >= 0.6 is 0 Å². The molecule has 0 aromatic carbocycles. The lowest BCUT2D eigenvalue weighted by atomic mass is 10.1. The minimum Gasteiger partial charge on any atom is -0.463 e. The number of carbonyl (C=O) groups excluding carboxylic acids is 1. The summed E-state index contributed by atoms with van der Waals surface area (Å²) in [5.41, 5.74) is 0.927. The van der Waals surface area contributed by atoms with E-state index in [2.05, 4.69) is 5.16 Å². The second kappa shape index (κ2) is 4.89. The summed E-state index contributed by atoms with van der Waals surface area (Å²) in [4.78, 5) is 14.3. The van der Waals surface area contributed by atoms with Gasteiger partial charge in [0.05, 0.1) is 19.5 Å². The van der Waals surface area contributed by atoms with Crippen LogP contribution in [0.4, 0.5) is 0 Å². The van der Waals surface area contributed by atoms with Crippen LogP contribution < -0.4 is 0 Å². The number of nitrogens with zero attached hydrogens (tertiary/aromatic N) is 2. The molecule has 0 atom stereocenters. The smallest absolute Gasteiger partial charge is 0.260 e. The number of amides is 1. The Morgan fingerprint density at radius 1 is 1.37 bits per heavy atom. The van der Waals surface area contributed by atoms with Gasteiger partial charge < -0.3 is 18.6 Å².